The molecule has 120 valence electrons. The molecule has 0 bridgehead atoms. The van der Waals surface area contributed by atoms with Gasteiger partial charge >= 0.3 is 6.09 Å². The molecule has 1 aromatic carbocycles. The molecule has 0 fully saturated rings. The van der Waals surface area contributed by atoms with Crippen LogP contribution in [-0.4, -0.2) is 17.4 Å². The molecule has 0 aliphatic heterocycles. The summed E-state index contributed by atoms with van der Waals surface area (Å²) in [6, 6.07) is 9.82. The monoisotopic (exact) mass is 330 g/mol. The summed E-state index contributed by atoms with van der Waals surface area (Å²) in [5.41, 5.74) is 6.53. The summed E-state index contributed by atoms with van der Waals surface area (Å²) in [5.74, 6) is 0. The number of carbonyl (C=O) groups excluding carboxylic acids is 1. The fourth-order valence-corrected chi connectivity index (χ4v) is 3.22. The molecule has 1 N–H and O–H groups in total. The normalized spacial score (nSPS) is 13.3. The van der Waals surface area contributed by atoms with Crippen LogP contribution in [0.1, 0.15) is 31.0 Å². The summed E-state index contributed by atoms with van der Waals surface area (Å²) in [6.07, 6.45) is 6.58. The molecule has 1 heterocycles. The van der Waals surface area contributed by atoms with E-state index < -0.39 is 6.09 Å². The molecule has 4 nitrogen and oxygen atoms in total. The Labute approximate surface area is 140 Å². The van der Waals surface area contributed by atoms with Gasteiger partial charge in [0.2, 0.25) is 0 Å². The van der Waals surface area contributed by atoms with Gasteiger partial charge in [-0.2, -0.15) is 0 Å². The highest BCUT2D eigenvalue weighted by molar-refractivity contribution is 6.34. The van der Waals surface area contributed by atoms with Crippen molar-refractivity contribution in [3.8, 4) is 11.3 Å². The Kier molecular flexibility index (Phi) is 4.72. The van der Waals surface area contributed by atoms with Gasteiger partial charge in [-0.1, -0.05) is 48.0 Å². The summed E-state index contributed by atoms with van der Waals surface area (Å²) in [7, 11) is 0. The molecule has 1 aromatic heterocycles. The van der Waals surface area contributed by atoms with Crippen LogP contribution in [0, 0.1) is 0 Å². The van der Waals surface area contributed by atoms with E-state index in [1.807, 2.05) is 36.4 Å². The zero-order chi connectivity index (χ0) is 16.2. The van der Waals surface area contributed by atoms with Crippen LogP contribution in [0.2, 0.25) is 5.02 Å². The van der Waals surface area contributed by atoms with E-state index in [1.54, 1.807) is 11.6 Å². The number of nitrogens with one attached hydrogen (secondary N) is 1. The fourth-order valence-electron chi connectivity index (χ4n) is 2.84. The molecular formula is C18H19ClN2O2. The van der Waals surface area contributed by atoms with Crippen LogP contribution in [0.5, 0.6) is 0 Å². The maximum atomic E-state index is 12.0. The molecule has 1 aliphatic carbocycles. The number of hydrogen-bond donors (Lipinski definition) is 1. The van der Waals surface area contributed by atoms with E-state index in [0.717, 1.165) is 41.8 Å². The third-order valence-corrected chi connectivity index (χ3v) is 4.25. The number of allylic oxidation sites excluding steroid dienone is 1. The average molecular weight is 331 g/mol. The number of carbonyl (C=O) groups is 1. The molecule has 0 unspecified atom stereocenters. The minimum absolute atomic E-state index is 0.319. The van der Waals surface area contributed by atoms with Crippen LogP contribution in [0.15, 0.2) is 36.4 Å². The standard InChI is InChI=1S/C18H19ClN2O2/c1-2-23-18(22)20-21-15-12-8-4-7-11-14(15)16(19)17(21)13-9-5-3-6-10-13/h3,5-6,8-10,12H,2,4,7,11H2,1H3,(H,20,22). The minimum Gasteiger partial charge on any atom is -0.449 e. The highest BCUT2D eigenvalue weighted by Gasteiger charge is 2.23. The highest BCUT2D eigenvalue weighted by atomic mass is 35.5. The zero-order valence-corrected chi connectivity index (χ0v) is 13.8. The van der Waals surface area contributed by atoms with Crippen molar-refractivity contribution < 1.29 is 9.53 Å². The SMILES string of the molecule is CCOC(=O)Nn1c2c(c(Cl)c1-c1ccccc1)CCCC=C2. The van der Waals surface area contributed by atoms with Crippen molar-refractivity contribution in [1.29, 1.82) is 0 Å². The van der Waals surface area contributed by atoms with Gasteiger partial charge in [-0.15, -0.1) is 0 Å². The van der Waals surface area contributed by atoms with E-state index in [2.05, 4.69) is 11.5 Å². The lowest BCUT2D eigenvalue weighted by molar-refractivity contribution is 0.164. The second kappa shape index (κ2) is 6.92. The Bertz CT molecular complexity index is 735. The summed E-state index contributed by atoms with van der Waals surface area (Å²) >= 11 is 6.67. The molecule has 1 amide bonds. The van der Waals surface area contributed by atoms with E-state index in [-0.39, 0.29) is 0 Å². The number of hydrogen-bond acceptors (Lipinski definition) is 2. The van der Waals surface area contributed by atoms with Crippen LogP contribution in [0.4, 0.5) is 4.79 Å². The van der Waals surface area contributed by atoms with Gasteiger partial charge in [0.25, 0.3) is 0 Å². The van der Waals surface area contributed by atoms with Crippen molar-refractivity contribution in [2.45, 2.75) is 26.2 Å². The Morgan fingerprint density at radius 1 is 1.35 bits per heavy atom. The van der Waals surface area contributed by atoms with E-state index >= 15 is 0 Å². The van der Waals surface area contributed by atoms with Crippen LogP contribution >= 0.6 is 11.6 Å². The first-order chi connectivity index (χ1) is 11.2. The molecule has 23 heavy (non-hydrogen) atoms. The second-order valence-electron chi connectivity index (χ2n) is 5.35. The molecule has 1 aliphatic rings. The maximum absolute atomic E-state index is 12.0. The third kappa shape index (κ3) is 3.13. The topological polar surface area (TPSA) is 43.3 Å². The maximum Gasteiger partial charge on any atom is 0.426 e. The Balaban J connectivity index is 2.15. The van der Waals surface area contributed by atoms with Crippen molar-refractivity contribution in [2.24, 2.45) is 0 Å². The van der Waals surface area contributed by atoms with Gasteiger partial charge < -0.3 is 4.74 Å². The van der Waals surface area contributed by atoms with Crippen LogP contribution in [0.25, 0.3) is 17.3 Å². The minimum atomic E-state index is -0.489. The molecule has 0 saturated heterocycles. The van der Waals surface area contributed by atoms with E-state index in [4.69, 9.17) is 16.3 Å². The first-order valence-electron chi connectivity index (χ1n) is 7.81. The van der Waals surface area contributed by atoms with Crippen molar-refractivity contribution >= 4 is 23.8 Å². The Hall–Kier alpha value is -2.20. The average Bonchev–Trinajstić information content (AvgIpc) is 2.72. The molecular weight excluding hydrogens is 312 g/mol. The first kappa shape index (κ1) is 15.7. The molecule has 2 aromatic rings. The number of fused-ring (bicyclic) bond motifs is 1. The summed E-state index contributed by atoms with van der Waals surface area (Å²) < 4.78 is 6.77. The lowest BCUT2D eigenvalue weighted by Gasteiger charge is -2.13. The molecule has 0 atom stereocenters. The summed E-state index contributed by atoms with van der Waals surface area (Å²) in [5, 5.41) is 0.689. The van der Waals surface area contributed by atoms with E-state index in [1.165, 1.54) is 0 Å². The van der Waals surface area contributed by atoms with Gasteiger partial charge in [-0.25, -0.2) is 14.9 Å². The number of nitrogens with zero attached hydrogens (tertiary/aromatic N) is 1. The van der Waals surface area contributed by atoms with Crippen LogP contribution < -0.4 is 5.43 Å². The summed E-state index contributed by atoms with van der Waals surface area (Å²) in [6.45, 7) is 2.10. The summed E-state index contributed by atoms with van der Waals surface area (Å²) in [4.78, 5) is 12.0. The first-order valence-corrected chi connectivity index (χ1v) is 8.19. The van der Waals surface area contributed by atoms with Crippen molar-refractivity contribution in [1.82, 2.24) is 4.68 Å². The molecule has 0 spiro atoms. The fraction of sp³-hybridized carbons (Fsp3) is 0.278. The number of halogens is 1. The number of amides is 1. The Morgan fingerprint density at radius 2 is 2.13 bits per heavy atom. The van der Waals surface area contributed by atoms with Crippen LogP contribution in [-0.2, 0) is 11.2 Å². The van der Waals surface area contributed by atoms with E-state index in [0.29, 0.717) is 11.6 Å². The van der Waals surface area contributed by atoms with Crippen LogP contribution in [0.3, 0.4) is 0 Å². The smallest absolute Gasteiger partial charge is 0.426 e. The third-order valence-electron chi connectivity index (χ3n) is 3.85. The number of aromatic nitrogens is 1. The van der Waals surface area contributed by atoms with Crippen molar-refractivity contribution in [3.05, 3.63) is 52.7 Å². The quantitative estimate of drug-likeness (QED) is 0.873. The van der Waals surface area contributed by atoms with Gasteiger partial charge in [0.15, 0.2) is 0 Å². The van der Waals surface area contributed by atoms with Gasteiger partial charge in [0, 0.05) is 5.56 Å². The van der Waals surface area contributed by atoms with Gasteiger partial charge in [-0.3, -0.25) is 0 Å². The highest BCUT2D eigenvalue weighted by Crippen LogP contribution is 2.37. The lowest BCUT2D eigenvalue weighted by Crippen LogP contribution is -2.25. The van der Waals surface area contributed by atoms with Crippen molar-refractivity contribution in [3.63, 3.8) is 0 Å². The largest absolute Gasteiger partial charge is 0.449 e. The van der Waals surface area contributed by atoms with Gasteiger partial charge in [0.05, 0.1) is 23.0 Å². The zero-order valence-electron chi connectivity index (χ0n) is 13.0. The molecule has 3 rings (SSSR count). The predicted molar refractivity (Wildman–Crippen MR) is 93.2 cm³/mol. The second-order valence-corrected chi connectivity index (χ2v) is 5.73. The molecule has 5 heteroatoms. The van der Waals surface area contributed by atoms with Gasteiger partial charge in [-0.05, 0) is 37.8 Å². The number of ether oxygens (including phenoxy) is 1. The number of rotatable bonds is 3. The molecule has 0 radical (unpaired) electrons. The predicted octanol–water partition coefficient (Wildman–Crippen LogP) is 4.86. The Morgan fingerprint density at radius 3 is 2.87 bits per heavy atom. The van der Waals surface area contributed by atoms with Gasteiger partial charge in [0.1, 0.15) is 0 Å². The molecule has 0 saturated carbocycles. The number of benzene rings is 1. The lowest BCUT2D eigenvalue weighted by atomic mass is 10.1. The van der Waals surface area contributed by atoms with Crippen molar-refractivity contribution in [2.75, 3.05) is 12.0 Å². The van der Waals surface area contributed by atoms with E-state index in [9.17, 15) is 4.79 Å².